The fraction of sp³-hybridized carbons (Fsp3) is 0.517. The van der Waals surface area contributed by atoms with Crippen molar-refractivity contribution in [1.29, 1.82) is 0 Å². The van der Waals surface area contributed by atoms with Gasteiger partial charge in [0, 0.05) is 30.6 Å². The van der Waals surface area contributed by atoms with Crippen molar-refractivity contribution < 1.29 is 28.9 Å². The van der Waals surface area contributed by atoms with E-state index in [0.717, 1.165) is 36.3 Å². The summed E-state index contributed by atoms with van der Waals surface area (Å²) in [6.45, 7) is 7.97. The second kappa shape index (κ2) is 12.6. The van der Waals surface area contributed by atoms with Crippen LogP contribution >= 0.6 is 0 Å². The number of nitrogens with one attached hydrogen (secondary N) is 1. The second-order valence-corrected chi connectivity index (χ2v) is 10.0. The van der Waals surface area contributed by atoms with Crippen LogP contribution in [0.3, 0.4) is 0 Å². The summed E-state index contributed by atoms with van der Waals surface area (Å²) >= 11 is 0. The predicted molar refractivity (Wildman–Crippen MR) is 140 cm³/mol. The number of amides is 1. The molecule has 0 unspecified atom stereocenters. The number of aliphatic hydroxyl groups is 1. The molecular weight excluding hydrogens is 472 g/mol. The van der Waals surface area contributed by atoms with E-state index in [0.29, 0.717) is 5.69 Å². The van der Waals surface area contributed by atoms with Gasteiger partial charge >= 0.3 is 5.97 Å². The summed E-state index contributed by atoms with van der Waals surface area (Å²) in [5.41, 5.74) is 3.27. The van der Waals surface area contributed by atoms with Crippen molar-refractivity contribution in [2.75, 3.05) is 25.0 Å². The fourth-order valence-corrected chi connectivity index (χ4v) is 5.03. The predicted octanol–water partition coefficient (Wildman–Crippen LogP) is 4.35. The molecule has 2 aromatic carbocycles. The zero-order chi connectivity index (χ0) is 26.4. The standard InChI is InChI=1S/C29H38N2O6/c1-19-26(17-31-14-5-4-6-15-31)36-29(37-27(19)23-12-10-22(18-32)11-13-23)24-8-7-9-25(16-24)30-28(34)20(2)35-21(3)33/h7-13,16,19-20,26-27,29,32H,4-6,14-15,17-18H2,1-3H3,(H,30,34)/t19-,20+,26+,27+,29+/m1/s1. The maximum Gasteiger partial charge on any atom is 0.303 e. The maximum atomic E-state index is 12.5. The third-order valence-corrected chi connectivity index (χ3v) is 7.15. The van der Waals surface area contributed by atoms with Gasteiger partial charge in [-0.2, -0.15) is 0 Å². The van der Waals surface area contributed by atoms with Crippen molar-refractivity contribution in [2.45, 2.75) is 71.2 Å². The number of hydrogen-bond acceptors (Lipinski definition) is 7. The minimum absolute atomic E-state index is 0.000730. The van der Waals surface area contributed by atoms with Gasteiger partial charge < -0.3 is 29.5 Å². The van der Waals surface area contributed by atoms with Crippen LogP contribution in [0.25, 0.3) is 0 Å². The van der Waals surface area contributed by atoms with Gasteiger partial charge in [0.25, 0.3) is 5.91 Å². The van der Waals surface area contributed by atoms with Gasteiger partial charge in [0.1, 0.15) is 0 Å². The number of rotatable bonds is 8. The molecule has 8 nitrogen and oxygen atoms in total. The van der Waals surface area contributed by atoms with Crippen LogP contribution in [0, 0.1) is 5.92 Å². The monoisotopic (exact) mass is 510 g/mol. The number of piperidine rings is 1. The molecule has 5 atom stereocenters. The van der Waals surface area contributed by atoms with Crippen LogP contribution in [0.4, 0.5) is 5.69 Å². The average molecular weight is 511 g/mol. The van der Waals surface area contributed by atoms with Gasteiger partial charge in [0.2, 0.25) is 0 Å². The molecule has 0 spiro atoms. The molecule has 2 saturated heterocycles. The highest BCUT2D eigenvalue weighted by atomic mass is 16.7. The van der Waals surface area contributed by atoms with E-state index in [1.165, 1.54) is 33.1 Å². The van der Waals surface area contributed by atoms with E-state index in [1.54, 1.807) is 6.07 Å². The Morgan fingerprint density at radius 1 is 1.08 bits per heavy atom. The minimum atomic E-state index is -0.899. The number of hydrogen-bond donors (Lipinski definition) is 2. The molecule has 2 aliphatic rings. The molecule has 2 heterocycles. The number of benzene rings is 2. The zero-order valence-electron chi connectivity index (χ0n) is 21.9. The van der Waals surface area contributed by atoms with Crippen LogP contribution in [0.15, 0.2) is 48.5 Å². The normalized spacial score (nSPS) is 25.3. The second-order valence-electron chi connectivity index (χ2n) is 10.0. The van der Waals surface area contributed by atoms with Gasteiger partial charge in [-0.15, -0.1) is 0 Å². The van der Waals surface area contributed by atoms with Crippen molar-refractivity contribution in [1.82, 2.24) is 4.90 Å². The first-order chi connectivity index (χ1) is 17.8. The van der Waals surface area contributed by atoms with E-state index in [-0.39, 0.29) is 24.7 Å². The Labute approximate surface area is 218 Å². The topological polar surface area (TPSA) is 97.3 Å². The Morgan fingerprint density at radius 2 is 1.81 bits per heavy atom. The van der Waals surface area contributed by atoms with Gasteiger partial charge in [0.15, 0.2) is 12.4 Å². The molecule has 0 saturated carbocycles. The molecule has 0 aromatic heterocycles. The lowest BCUT2D eigenvalue weighted by Gasteiger charge is -2.43. The number of ether oxygens (including phenoxy) is 3. The highest BCUT2D eigenvalue weighted by Gasteiger charge is 2.39. The third-order valence-electron chi connectivity index (χ3n) is 7.15. The van der Waals surface area contributed by atoms with E-state index in [1.807, 2.05) is 42.5 Å². The van der Waals surface area contributed by atoms with E-state index in [2.05, 4.69) is 17.1 Å². The van der Waals surface area contributed by atoms with Crippen molar-refractivity contribution in [2.24, 2.45) is 5.92 Å². The van der Waals surface area contributed by atoms with Gasteiger partial charge in [-0.1, -0.05) is 49.7 Å². The van der Waals surface area contributed by atoms with Crippen LogP contribution in [-0.2, 0) is 30.4 Å². The third kappa shape index (κ3) is 7.17. The molecule has 200 valence electrons. The molecule has 0 aliphatic carbocycles. The number of carbonyl (C=O) groups excluding carboxylic acids is 2. The lowest BCUT2D eigenvalue weighted by molar-refractivity contribution is -0.276. The van der Waals surface area contributed by atoms with Gasteiger partial charge in [0.05, 0.1) is 18.8 Å². The molecule has 37 heavy (non-hydrogen) atoms. The van der Waals surface area contributed by atoms with Crippen LogP contribution < -0.4 is 5.32 Å². The van der Waals surface area contributed by atoms with Gasteiger partial charge in [-0.3, -0.25) is 9.59 Å². The Bertz CT molecular complexity index is 1050. The highest BCUT2D eigenvalue weighted by molar-refractivity contribution is 5.95. The molecule has 2 aliphatic heterocycles. The van der Waals surface area contributed by atoms with E-state index < -0.39 is 24.3 Å². The summed E-state index contributed by atoms with van der Waals surface area (Å²) in [4.78, 5) is 26.1. The number of nitrogens with zero attached hydrogens (tertiary/aromatic N) is 1. The summed E-state index contributed by atoms with van der Waals surface area (Å²) in [7, 11) is 0. The Hall–Kier alpha value is -2.78. The molecule has 2 aromatic rings. The van der Waals surface area contributed by atoms with Crippen molar-refractivity contribution in [3.8, 4) is 0 Å². The van der Waals surface area contributed by atoms with Gasteiger partial charge in [-0.25, -0.2) is 0 Å². The minimum Gasteiger partial charge on any atom is -0.453 e. The summed E-state index contributed by atoms with van der Waals surface area (Å²) in [5, 5.41) is 12.3. The largest absolute Gasteiger partial charge is 0.453 e. The van der Waals surface area contributed by atoms with Crippen LogP contribution in [0.1, 0.15) is 69.1 Å². The number of likely N-dealkylation sites (tertiary alicyclic amines) is 1. The number of aliphatic hydroxyl groups excluding tert-OH is 1. The first-order valence-corrected chi connectivity index (χ1v) is 13.1. The molecule has 0 radical (unpaired) electrons. The molecular formula is C29H38N2O6. The SMILES string of the molecule is CC(=O)O[C@@H](C)C(=O)Nc1cccc([C@H]2O[C@@H](CN3CCCCC3)[C@@H](C)[C@@H](c3ccc(CO)cc3)O2)c1. The molecule has 8 heteroatoms. The quantitative estimate of drug-likeness (QED) is 0.510. The van der Waals surface area contributed by atoms with Crippen molar-refractivity contribution in [3.05, 3.63) is 65.2 Å². The Morgan fingerprint density at radius 3 is 2.49 bits per heavy atom. The smallest absolute Gasteiger partial charge is 0.303 e. The summed E-state index contributed by atoms with van der Waals surface area (Å²) in [6.07, 6.45) is 1.95. The maximum absolute atomic E-state index is 12.5. The first kappa shape index (κ1) is 27.3. The number of carbonyl (C=O) groups is 2. The highest BCUT2D eigenvalue weighted by Crippen LogP contribution is 2.42. The molecule has 2 fully saturated rings. The fourth-order valence-electron chi connectivity index (χ4n) is 5.03. The van der Waals surface area contributed by atoms with E-state index >= 15 is 0 Å². The molecule has 1 amide bonds. The summed E-state index contributed by atoms with van der Waals surface area (Å²) in [5.74, 6) is -0.797. The molecule has 2 N–H and O–H groups in total. The van der Waals surface area contributed by atoms with Crippen molar-refractivity contribution >= 4 is 17.6 Å². The first-order valence-electron chi connectivity index (χ1n) is 13.1. The average Bonchev–Trinajstić information content (AvgIpc) is 2.90. The lowest BCUT2D eigenvalue weighted by atomic mass is 9.89. The molecule has 0 bridgehead atoms. The lowest BCUT2D eigenvalue weighted by Crippen LogP contribution is -2.45. The van der Waals surface area contributed by atoms with E-state index in [4.69, 9.17) is 14.2 Å². The number of esters is 1. The Balaban J connectivity index is 1.55. The zero-order valence-corrected chi connectivity index (χ0v) is 21.9. The van der Waals surface area contributed by atoms with Crippen LogP contribution in [0.5, 0.6) is 0 Å². The Kier molecular flexibility index (Phi) is 9.32. The van der Waals surface area contributed by atoms with Gasteiger partial charge in [-0.05, 0) is 56.1 Å². The summed E-state index contributed by atoms with van der Waals surface area (Å²) in [6, 6.07) is 15.3. The van der Waals surface area contributed by atoms with Crippen LogP contribution in [0.2, 0.25) is 0 Å². The van der Waals surface area contributed by atoms with Crippen LogP contribution in [-0.4, -0.2) is 53.7 Å². The summed E-state index contributed by atoms with van der Waals surface area (Å²) < 4.78 is 18.1. The van der Waals surface area contributed by atoms with Crippen molar-refractivity contribution in [3.63, 3.8) is 0 Å². The number of anilines is 1. The van der Waals surface area contributed by atoms with E-state index in [9.17, 15) is 14.7 Å². The molecule has 4 rings (SSSR count).